The van der Waals surface area contributed by atoms with Gasteiger partial charge in [-0.2, -0.15) is 0 Å². The number of fused-ring (bicyclic) bond motifs is 1. The van der Waals surface area contributed by atoms with E-state index in [0.717, 1.165) is 16.7 Å². The Balaban J connectivity index is 1.63. The van der Waals surface area contributed by atoms with E-state index in [4.69, 9.17) is 0 Å². The van der Waals surface area contributed by atoms with Crippen LogP contribution in [0.1, 0.15) is 32.7 Å². The van der Waals surface area contributed by atoms with E-state index in [2.05, 4.69) is 10.3 Å². The van der Waals surface area contributed by atoms with Crippen molar-refractivity contribution in [2.24, 2.45) is 0 Å². The first kappa shape index (κ1) is 19.6. The zero-order chi connectivity index (χ0) is 21.1. The van der Waals surface area contributed by atoms with Gasteiger partial charge in [0.2, 0.25) is 0 Å². The topological polar surface area (TPSA) is 64.0 Å². The molecule has 4 rings (SSSR count). The molecule has 0 radical (unpaired) electrons. The molecule has 1 heterocycles. The number of rotatable bonds is 5. The molecule has 3 aromatic carbocycles. The third kappa shape index (κ3) is 4.15. The Morgan fingerprint density at radius 3 is 2.47 bits per heavy atom. The fraction of sp³-hybridized carbons (Fsp3) is 0.160. The predicted molar refractivity (Wildman–Crippen MR) is 119 cm³/mol. The van der Waals surface area contributed by atoms with Gasteiger partial charge in [0.15, 0.2) is 0 Å². The van der Waals surface area contributed by atoms with E-state index in [-0.39, 0.29) is 11.5 Å². The van der Waals surface area contributed by atoms with Crippen LogP contribution in [0.3, 0.4) is 0 Å². The lowest BCUT2D eigenvalue weighted by molar-refractivity contribution is 0.0951. The van der Waals surface area contributed by atoms with Crippen LogP contribution >= 0.6 is 0 Å². The van der Waals surface area contributed by atoms with E-state index in [1.807, 2.05) is 61.5 Å². The summed E-state index contributed by atoms with van der Waals surface area (Å²) in [5.41, 5.74) is 5.39. The molecule has 0 unspecified atom stereocenters. The van der Waals surface area contributed by atoms with Gasteiger partial charge in [0.25, 0.3) is 11.5 Å². The maximum Gasteiger partial charge on any atom is 0.272 e. The van der Waals surface area contributed by atoms with Crippen molar-refractivity contribution in [3.8, 4) is 0 Å². The van der Waals surface area contributed by atoms with Crippen LogP contribution in [0.15, 0.2) is 77.6 Å². The molecule has 0 saturated carbocycles. The first-order valence-corrected chi connectivity index (χ1v) is 9.90. The third-order valence-corrected chi connectivity index (χ3v) is 5.09. The Bertz CT molecular complexity index is 1280. The molecular weight excluding hydrogens is 374 g/mol. The number of benzene rings is 3. The second-order valence-corrected chi connectivity index (χ2v) is 7.45. The molecule has 0 saturated heterocycles. The summed E-state index contributed by atoms with van der Waals surface area (Å²) in [6.07, 6.45) is 0. The summed E-state index contributed by atoms with van der Waals surface area (Å²) in [5, 5.41) is 2.95. The SMILES string of the molecule is Cc1cccc(CNC(=O)c2ccc3c(c2)nc(C)c(=O)n3Cc2ccccc2)c1. The molecule has 0 spiro atoms. The highest BCUT2D eigenvalue weighted by molar-refractivity contribution is 5.97. The molecular formula is C25H23N3O2. The first-order valence-electron chi connectivity index (χ1n) is 9.90. The Morgan fingerprint density at radius 1 is 0.933 bits per heavy atom. The summed E-state index contributed by atoms with van der Waals surface area (Å²) in [4.78, 5) is 29.8. The number of aromatic nitrogens is 2. The summed E-state index contributed by atoms with van der Waals surface area (Å²) in [6.45, 7) is 4.64. The van der Waals surface area contributed by atoms with E-state index in [0.29, 0.717) is 35.4 Å². The fourth-order valence-corrected chi connectivity index (χ4v) is 3.55. The van der Waals surface area contributed by atoms with Gasteiger partial charge in [-0.3, -0.25) is 9.59 Å². The van der Waals surface area contributed by atoms with Crippen molar-refractivity contribution in [3.63, 3.8) is 0 Å². The average molecular weight is 397 g/mol. The normalized spacial score (nSPS) is 10.9. The maximum atomic E-state index is 12.7. The molecule has 0 aliphatic carbocycles. The highest BCUT2D eigenvalue weighted by Crippen LogP contribution is 2.15. The summed E-state index contributed by atoms with van der Waals surface area (Å²) in [6, 6.07) is 23.2. The van der Waals surface area contributed by atoms with Crippen molar-refractivity contribution in [3.05, 3.63) is 111 Å². The molecule has 0 fully saturated rings. The van der Waals surface area contributed by atoms with Gasteiger partial charge in [-0.15, -0.1) is 0 Å². The van der Waals surface area contributed by atoms with Crippen LogP contribution in [0.4, 0.5) is 0 Å². The monoisotopic (exact) mass is 397 g/mol. The van der Waals surface area contributed by atoms with E-state index >= 15 is 0 Å². The number of carbonyl (C=O) groups is 1. The maximum absolute atomic E-state index is 12.7. The lowest BCUT2D eigenvalue weighted by Crippen LogP contribution is -2.25. The Kier molecular flexibility index (Phi) is 5.44. The highest BCUT2D eigenvalue weighted by atomic mass is 16.1. The Hall–Kier alpha value is -3.73. The van der Waals surface area contributed by atoms with Gasteiger partial charge >= 0.3 is 0 Å². The van der Waals surface area contributed by atoms with Crippen molar-refractivity contribution in [2.75, 3.05) is 0 Å². The minimum absolute atomic E-state index is 0.122. The van der Waals surface area contributed by atoms with Crippen LogP contribution in [0.5, 0.6) is 0 Å². The van der Waals surface area contributed by atoms with Crippen molar-refractivity contribution in [1.29, 1.82) is 0 Å². The smallest absolute Gasteiger partial charge is 0.272 e. The largest absolute Gasteiger partial charge is 0.348 e. The Labute approximate surface area is 175 Å². The molecule has 1 amide bonds. The zero-order valence-electron chi connectivity index (χ0n) is 17.1. The van der Waals surface area contributed by atoms with Gasteiger partial charge in [-0.05, 0) is 43.2 Å². The molecule has 0 atom stereocenters. The first-order chi connectivity index (χ1) is 14.5. The quantitative estimate of drug-likeness (QED) is 0.554. The number of amides is 1. The van der Waals surface area contributed by atoms with Gasteiger partial charge in [0.05, 0.1) is 17.6 Å². The molecule has 5 nitrogen and oxygen atoms in total. The second kappa shape index (κ2) is 8.33. The second-order valence-electron chi connectivity index (χ2n) is 7.45. The number of hydrogen-bond acceptors (Lipinski definition) is 3. The van der Waals surface area contributed by atoms with Crippen LogP contribution in [0.2, 0.25) is 0 Å². The summed E-state index contributed by atoms with van der Waals surface area (Å²) in [7, 11) is 0. The van der Waals surface area contributed by atoms with Gasteiger partial charge < -0.3 is 9.88 Å². The molecule has 0 bridgehead atoms. The molecule has 150 valence electrons. The number of hydrogen-bond donors (Lipinski definition) is 1. The minimum atomic E-state index is -0.168. The average Bonchev–Trinajstić information content (AvgIpc) is 2.75. The third-order valence-electron chi connectivity index (χ3n) is 5.09. The molecule has 5 heteroatoms. The number of aryl methyl sites for hydroxylation is 2. The van der Waals surface area contributed by atoms with E-state index in [9.17, 15) is 9.59 Å². The van der Waals surface area contributed by atoms with Crippen molar-refractivity contribution in [2.45, 2.75) is 26.9 Å². The van der Waals surface area contributed by atoms with Gasteiger partial charge in [-0.25, -0.2) is 4.98 Å². The lowest BCUT2D eigenvalue weighted by atomic mass is 10.1. The highest BCUT2D eigenvalue weighted by Gasteiger charge is 2.12. The lowest BCUT2D eigenvalue weighted by Gasteiger charge is -2.12. The van der Waals surface area contributed by atoms with E-state index in [1.165, 1.54) is 0 Å². The molecule has 4 aromatic rings. The van der Waals surface area contributed by atoms with E-state index < -0.39 is 0 Å². The number of nitrogens with one attached hydrogen (secondary N) is 1. The molecule has 30 heavy (non-hydrogen) atoms. The minimum Gasteiger partial charge on any atom is -0.348 e. The van der Waals surface area contributed by atoms with Crippen LogP contribution in [0.25, 0.3) is 11.0 Å². The molecule has 0 aliphatic rings. The van der Waals surface area contributed by atoms with Crippen molar-refractivity contribution < 1.29 is 4.79 Å². The van der Waals surface area contributed by atoms with Gasteiger partial charge in [0.1, 0.15) is 5.69 Å². The van der Waals surface area contributed by atoms with Crippen LogP contribution in [-0.2, 0) is 13.1 Å². The zero-order valence-corrected chi connectivity index (χ0v) is 17.1. The molecule has 1 N–H and O–H groups in total. The number of nitrogens with zero attached hydrogens (tertiary/aromatic N) is 2. The molecule has 1 aromatic heterocycles. The van der Waals surface area contributed by atoms with E-state index in [1.54, 1.807) is 29.7 Å². The summed E-state index contributed by atoms with van der Waals surface area (Å²) in [5.74, 6) is -0.168. The predicted octanol–water partition coefficient (Wildman–Crippen LogP) is 3.99. The van der Waals surface area contributed by atoms with Crippen LogP contribution in [-0.4, -0.2) is 15.5 Å². The van der Waals surface area contributed by atoms with Crippen LogP contribution < -0.4 is 10.9 Å². The van der Waals surface area contributed by atoms with Gasteiger partial charge in [0, 0.05) is 12.1 Å². The van der Waals surface area contributed by atoms with Crippen molar-refractivity contribution >= 4 is 16.9 Å². The standard InChI is InChI=1S/C25H23N3O2/c1-17-7-6-10-20(13-17)15-26-24(29)21-11-12-23-22(14-21)27-18(2)25(30)28(23)16-19-8-4-3-5-9-19/h3-14H,15-16H2,1-2H3,(H,26,29). The molecule has 0 aliphatic heterocycles. The fourth-order valence-electron chi connectivity index (χ4n) is 3.55. The Morgan fingerprint density at radius 2 is 1.70 bits per heavy atom. The summed E-state index contributed by atoms with van der Waals surface area (Å²) >= 11 is 0. The van der Waals surface area contributed by atoms with Gasteiger partial charge in [-0.1, -0.05) is 60.2 Å². The van der Waals surface area contributed by atoms with Crippen molar-refractivity contribution in [1.82, 2.24) is 14.9 Å². The summed E-state index contributed by atoms with van der Waals surface area (Å²) < 4.78 is 1.71. The van der Waals surface area contributed by atoms with Crippen LogP contribution in [0, 0.1) is 13.8 Å². The number of carbonyl (C=O) groups excluding carboxylic acids is 1.